The molecule has 4 nitrogen and oxygen atoms in total. The SMILES string of the molecule is C=C(C)C(O)Oc1ccc(-c2ccc(-c3ccc(OC(=O)C(C)(C)C)cc3)cc2CC)cc1. The van der Waals surface area contributed by atoms with Crippen LogP contribution in [0.5, 0.6) is 11.5 Å². The zero-order valence-electron chi connectivity index (χ0n) is 20.0. The third-order valence-electron chi connectivity index (χ3n) is 5.33. The Morgan fingerprint density at radius 1 is 0.909 bits per heavy atom. The third kappa shape index (κ3) is 6.11. The molecule has 1 N–H and O–H groups in total. The van der Waals surface area contributed by atoms with E-state index in [0.717, 1.165) is 28.7 Å². The Hall–Kier alpha value is -3.37. The average Bonchev–Trinajstić information content (AvgIpc) is 2.79. The van der Waals surface area contributed by atoms with Gasteiger partial charge < -0.3 is 14.6 Å². The second-order valence-electron chi connectivity index (χ2n) is 9.23. The smallest absolute Gasteiger partial charge is 0.316 e. The van der Waals surface area contributed by atoms with Crippen LogP contribution in [0.3, 0.4) is 0 Å². The van der Waals surface area contributed by atoms with Gasteiger partial charge in [-0.05, 0) is 91.8 Å². The minimum absolute atomic E-state index is 0.251. The number of rotatable bonds is 7. The van der Waals surface area contributed by atoms with Gasteiger partial charge in [0.05, 0.1) is 5.41 Å². The number of aliphatic hydroxyl groups is 1. The number of carbonyl (C=O) groups excluding carboxylic acids is 1. The standard InChI is InChI=1S/C29H32O4/c1-7-20-18-23(21-8-13-25(14-9-21)33-28(31)29(4,5)6)12-17-26(20)22-10-15-24(16-11-22)32-27(30)19(2)3/h8-18,27,30H,2,7H2,1,3-6H3. The Bertz CT molecular complexity index is 1120. The van der Waals surface area contributed by atoms with E-state index in [1.807, 2.05) is 69.3 Å². The molecule has 0 spiro atoms. The Kier molecular flexibility index (Phi) is 7.39. The van der Waals surface area contributed by atoms with Gasteiger partial charge in [0.2, 0.25) is 6.29 Å². The van der Waals surface area contributed by atoms with Gasteiger partial charge in [-0.25, -0.2) is 0 Å². The van der Waals surface area contributed by atoms with Gasteiger partial charge >= 0.3 is 5.97 Å². The molecular formula is C29H32O4. The molecule has 0 aliphatic rings. The highest BCUT2D eigenvalue weighted by molar-refractivity contribution is 5.78. The maximum atomic E-state index is 12.1. The molecule has 0 fully saturated rings. The van der Waals surface area contributed by atoms with Crippen LogP contribution in [0.4, 0.5) is 0 Å². The minimum atomic E-state index is -1.01. The van der Waals surface area contributed by atoms with E-state index in [1.165, 1.54) is 5.56 Å². The van der Waals surface area contributed by atoms with Gasteiger partial charge in [0.15, 0.2) is 0 Å². The van der Waals surface area contributed by atoms with E-state index in [1.54, 1.807) is 6.92 Å². The topological polar surface area (TPSA) is 55.8 Å². The molecule has 0 radical (unpaired) electrons. The molecule has 1 unspecified atom stereocenters. The predicted molar refractivity (Wildman–Crippen MR) is 133 cm³/mol. The van der Waals surface area contributed by atoms with Crippen LogP contribution in [-0.2, 0) is 11.2 Å². The van der Waals surface area contributed by atoms with Gasteiger partial charge in [-0.15, -0.1) is 0 Å². The number of hydrogen-bond acceptors (Lipinski definition) is 4. The first-order valence-electron chi connectivity index (χ1n) is 11.1. The van der Waals surface area contributed by atoms with Gasteiger partial charge in [-0.1, -0.05) is 56.0 Å². The summed E-state index contributed by atoms with van der Waals surface area (Å²) < 4.78 is 10.9. The predicted octanol–water partition coefficient (Wildman–Crippen LogP) is 6.81. The van der Waals surface area contributed by atoms with E-state index in [-0.39, 0.29) is 5.97 Å². The molecule has 0 bridgehead atoms. The Labute approximate surface area is 196 Å². The summed E-state index contributed by atoms with van der Waals surface area (Å²) in [5.41, 5.74) is 5.65. The lowest BCUT2D eigenvalue weighted by Gasteiger charge is -2.16. The van der Waals surface area contributed by atoms with E-state index in [4.69, 9.17) is 9.47 Å². The molecule has 172 valence electrons. The van der Waals surface area contributed by atoms with E-state index < -0.39 is 11.7 Å². The molecule has 0 saturated carbocycles. The Morgan fingerprint density at radius 2 is 1.45 bits per heavy atom. The summed E-state index contributed by atoms with van der Waals surface area (Å²) in [7, 11) is 0. The molecule has 33 heavy (non-hydrogen) atoms. The van der Waals surface area contributed by atoms with Crippen LogP contribution in [0.1, 0.15) is 40.2 Å². The summed E-state index contributed by atoms with van der Waals surface area (Å²) in [4.78, 5) is 12.1. The zero-order valence-corrected chi connectivity index (χ0v) is 20.0. The van der Waals surface area contributed by atoms with E-state index in [2.05, 4.69) is 31.7 Å². The summed E-state index contributed by atoms with van der Waals surface area (Å²) in [6, 6.07) is 21.7. The largest absolute Gasteiger partial charge is 0.461 e. The number of aryl methyl sites for hydroxylation is 1. The van der Waals surface area contributed by atoms with Crippen LogP contribution in [-0.4, -0.2) is 17.4 Å². The van der Waals surface area contributed by atoms with Crippen molar-refractivity contribution < 1.29 is 19.4 Å². The Morgan fingerprint density at radius 3 is 2.00 bits per heavy atom. The fraction of sp³-hybridized carbons (Fsp3) is 0.276. The molecule has 3 aromatic rings. The number of ether oxygens (including phenoxy) is 2. The second kappa shape index (κ2) is 10.1. The molecule has 1 atom stereocenters. The van der Waals surface area contributed by atoms with Gasteiger partial charge in [0, 0.05) is 0 Å². The average molecular weight is 445 g/mol. The van der Waals surface area contributed by atoms with Gasteiger partial charge in [-0.3, -0.25) is 4.79 Å². The van der Waals surface area contributed by atoms with E-state index in [0.29, 0.717) is 17.1 Å². The molecule has 0 amide bonds. The highest BCUT2D eigenvalue weighted by atomic mass is 16.6. The summed E-state index contributed by atoms with van der Waals surface area (Å²) in [5, 5.41) is 9.84. The molecule has 3 rings (SSSR count). The number of hydrogen-bond donors (Lipinski definition) is 1. The van der Waals surface area contributed by atoms with Crippen molar-refractivity contribution in [3.8, 4) is 33.8 Å². The third-order valence-corrected chi connectivity index (χ3v) is 5.33. The van der Waals surface area contributed by atoms with Crippen molar-refractivity contribution in [2.24, 2.45) is 5.41 Å². The van der Waals surface area contributed by atoms with E-state index >= 15 is 0 Å². The molecule has 0 saturated heterocycles. The molecule has 0 heterocycles. The fourth-order valence-electron chi connectivity index (χ4n) is 3.27. The summed E-state index contributed by atoms with van der Waals surface area (Å²) in [6.45, 7) is 13.1. The number of benzene rings is 3. The Balaban J connectivity index is 1.80. The quantitative estimate of drug-likeness (QED) is 0.188. The molecule has 0 aliphatic carbocycles. The van der Waals surface area contributed by atoms with Crippen molar-refractivity contribution in [1.29, 1.82) is 0 Å². The van der Waals surface area contributed by atoms with Crippen molar-refractivity contribution >= 4 is 5.97 Å². The zero-order chi connectivity index (χ0) is 24.2. The van der Waals surface area contributed by atoms with Crippen molar-refractivity contribution in [3.63, 3.8) is 0 Å². The van der Waals surface area contributed by atoms with Crippen LogP contribution in [0.25, 0.3) is 22.3 Å². The van der Waals surface area contributed by atoms with Crippen molar-refractivity contribution in [3.05, 3.63) is 84.4 Å². The number of esters is 1. The first-order chi connectivity index (χ1) is 15.6. The minimum Gasteiger partial charge on any atom is -0.461 e. The van der Waals surface area contributed by atoms with Crippen molar-refractivity contribution in [2.45, 2.75) is 47.3 Å². The summed E-state index contributed by atoms with van der Waals surface area (Å²) in [5.74, 6) is 0.889. The lowest BCUT2D eigenvalue weighted by atomic mass is 9.93. The number of carbonyl (C=O) groups is 1. The number of aliphatic hydroxyl groups excluding tert-OH is 1. The maximum absolute atomic E-state index is 12.1. The summed E-state index contributed by atoms with van der Waals surface area (Å²) >= 11 is 0. The van der Waals surface area contributed by atoms with Crippen molar-refractivity contribution in [1.82, 2.24) is 0 Å². The first kappa shape index (κ1) is 24.3. The molecular weight excluding hydrogens is 412 g/mol. The summed E-state index contributed by atoms with van der Waals surface area (Å²) in [6.07, 6.45) is -0.124. The van der Waals surface area contributed by atoms with Crippen LogP contribution in [0.15, 0.2) is 78.9 Å². The van der Waals surface area contributed by atoms with Crippen molar-refractivity contribution in [2.75, 3.05) is 0 Å². The van der Waals surface area contributed by atoms with E-state index in [9.17, 15) is 9.90 Å². The molecule has 0 aliphatic heterocycles. The van der Waals surface area contributed by atoms with Crippen LogP contribution < -0.4 is 9.47 Å². The van der Waals surface area contributed by atoms with Crippen LogP contribution in [0, 0.1) is 5.41 Å². The lowest BCUT2D eigenvalue weighted by Crippen LogP contribution is -2.25. The van der Waals surface area contributed by atoms with Gasteiger partial charge in [0.25, 0.3) is 0 Å². The van der Waals surface area contributed by atoms with Gasteiger partial charge in [0.1, 0.15) is 11.5 Å². The molecule has 4 heteroatoms. The monoisotopic (exact) mass is 444 g/mol. The second-order valence-corrected chi connectivity index (χ2v) is 9.23. The molecule has 3 aromatic carbocycles. The fourth-order valence-corrected chi connectivity index (χ4v) is 3.27. The highest BCUT2D eigenvalue weighted by Gasteiger charge is 2.23. The highest BCUT2D eigenvalue weighted by Crippen LogP contribution is 2.31. The lowest BCUT2D eigenvalue weighted by molar-refractivity contribution is -0.143. The van der Waals surface area contributed by atoms with Crippen LogP contribution >= 0.6 is 0 Å². The first-order valence-corrected chi connectivity index (χ1v) is 11.1. The van der Waals surface area contributed by atoms with Gasteiger partial charge in [-0.2, -0.15) is 0 Å². The maximum Gasteiger partial charge on any atom is 0.316 e. The molecule has 0 aromatic heterocycles. The normalized spacial score (nSPS) is 12.2. The van der Waals surface area contributed by atoms with Crippen LogP contribution in [0.2, 0.25) is 0 Å².